The van der Waals surface area contributed by atoms with E-state index >= 15 is 0 Å². The maximum absolute atomic E-state index is 11.2. The summed E-state index contributed by atoms with van der Waals surface area (Å²) < 4.78 is 5.76. The topological polar surface area (TPSA) is 64.3 Å². The molecule has 3 N–H and O–H groups in total. The van der Waals surface area contributed by atoms with Gasteiger partial charge in [-0.25, -0.2) is 0 Å². The quantitative estimate of drug-likeness (QED) is 0.740. The van der Waals surface area contributed by atoms with Crippen molar-refractivity contribution in [3.63, 3.8) is 0 Å². The Morgan fingerprint density at radius 3 is 2.59 bits per heavy atom. The summed E-state index contributed by atoms with van der Waals surface area (Å²) in [6.07, 6.45) is 6.89. The predicted octanol–water partition coefficient (Wildman–Crippen LogP) is 1.44. The third kappa shape index (κ3) is 4.28. The van der Waals surface area contributed by atoms with Crippen molar-refractivity contribution in [2.24, 2.45) is 11.7 Å². The molecule has 100 valence electrons. The Balaban J connectivity index is 2.40. The summed E-state index contributed by atoms with van der Waals surface area (Å²) in [6.45, 7) is 2.88. The first-order valence-electron chi connectivity index (χ1n) is 6.70. The highest BCUT2D eigenvalue weighted by Gasteiger charge is 2.35. The average Bonchev–Trinajstić information content (AvgIpc) is 2.38. The molecule has 0 spiro atoms. The molecule has 4 heteroatoms. The van der Waals surface area contributed by atoms with E-state index in [0.29, 0.717) is 6.54 Å². The van der Waals surface area contributed by atoms with Crippen LogP contribution in [0.1, 0.15) is 45.4 Å². The molecule has 0 aromatic heterocycles. The lowest BCUT2D eigenvalue weighted by Gasteiger charge is -2.39. The Hall–Kier alpha value is -0.610. The van der Waals surface area contributed by atoms with Gasteiger partial charge in [0.2, 0.25) is 5.91 Å². The van der Waals surface area contributed by atoms with Gasteiger partial charge in [-0.3, -0.25) is 4.79 Å². The lowest BCUT2D eigenvalue weighted by Crippen LogP contribution is -2.45. The van der Waals surface area contributed by atoms with Crippen molar-refractivity contribution in [1.29, 1.82) is 0 Å². The van der Waals surface area contributed by atoms with Crippen LogP contribution in [0.25, 0.3) is 0 Å². The van der Waals surface area contributed by atoms with Crippen LogP contribution < -0.4 is 11.1 Å². The van der Waals surface area contributed by atoms with Crippen molar-refractivity contribution in [2.45, 2.75) is 51.0 Å². The number of likely N-dealkylation sites (N-methyl/N-ethyl adjacent to an activating group) is 1. The predicted molar refractivity (Wildman–Crippen MR) is 68.7 cm³/mol. The van der Waals surface area contributed by atoms with E-state index < -0.39 is 0 Å². The Bertz CT molecular complexity index is 236. The maximum Gasteiger partial charge on any atom is 0.245 e. The maximum atomic E-state index is 11.2. The smallest absolute Gasteiger partial charge is 0.245 e. The number of carbonyl (C=O) groups excluding carboxylic acids is 1. The number of nitrogens with one attached hydrogen (secondary N) is 1. The molecule has 0 heterocycles. The SMILES string of the molecule is CCCC1CCC(CN)(OCC(=O)NC)CC1. The molecule has 0 aromatic carbocycles. The lowest BCUT2D eigenvalue weighted by atomic mass is 9.77. The number of nitrogens with two attached hydrogens (primary N) is 1. The van der Waals surface area contributed by atoms with Crippen LogP contribution in [0.15, 0.2) is 0 Å². The van der Waals surface area contributed by atoms with Crippen molar-refractivity contribution in [3.8, 4) is 0 Å². The molecule has 1 aliphatic carbocycles. The Morgan fingerprint density at radius 1 is 1.47 bits per heavy atom. The molecule has 0 atom stereocenters. The molecule has 0 aromatic rings. The van der Waals surface area contributed by atoms with Crippen LogP contribution in [0.3, 0.4) is 0 Å². The van der Waals surface area contributed by atoms with Gasteiger partial charge in [0, 0.05) is 13.6 Å². The van der Waals surface area contributed by atoms with E-state index in [1.54, 1.807) is 7.05 Å². The second-order valence-electron chi connectivity index (χ2n) is 5.08. The summed E-state index contributed by atoms with van der Waals surface area (Å²) >= 11 is 0. The zero-order chi connectivity index (χ0) is 12.7. The summed E-state index contributed by atoms with van der Waals surface area (Å²) in [6, 6.07) is 0. The van der Waals surface area contributed by atoms with Gasteiger partial charge in [-0.05, 0) is 31.6 Å². The molecule has 1 amide bonds. The molecule has 1 aliphatic rings. The van der Waals surface area contributed by atoms with Gasteiger partial charge in [0.25, 0.3) is 0 Å². The first-order chi connectivity index (χ1) is 8.15. The molecule has 0 saturated heterocycles. The van der Waals surface area contributed by atoms with E-state index in [2.05, 4.69) is 12.2 Å². The third-order valence-corrected chi connectivity index (χ3v) is 3.87. The number of hydrogen-bond acceptors (Lipinski definition) is 3. The van der Waals surface area contributed by atoms with Gasteiger partial charge in [0.15, 0.2) is 0 Å². The fourth-order valence-electron chi connectivity index (χ4n) is 2.60. The highest BCUT2D eigenvalue weighted by Crippen LogP contribution is 2.36. The van der Waals surface area contributed by atoms with Crippen LogP contribution in [0, 0.1) is 5.92 Å². The third-order valence-electron chi connectivity index (χ3n) is 3.87. The minimum absolute atomic E-state index is 0.0755. The van der Waals surface area contributed by atoms with Crippen molar-refractivity contribution >= 4 is 5.91 Å². The number of hydrogen-bond donors (Lipinski definition) is 2. The number of ether oxygens (including phenoxy) is 1. The van der Waals surface area contributed by atoms with Gasteiger partial charge in [-0.1, -0.05) is 19.8 Å². The fourth-order valence-corrected chi connectivity index (χ4v) is 2.60. The molecule has 0 radical (unpaired) electrons. The van der Waals surface area contributed by atoms with Crippen molar-refractivity contribution in [3.05, 3.63) is 0 Å². The number of carbonyl (C=O) groups is 1. The molecular formula is C13H26N2O2. The summed E-state index contributed by atoms with van der Waals surface area (Å²) in [5.74, 6) is 0.747. The first-order valence-corrected chi connectivity index (χ1v) is 6.70. The molecular weight excluding hydrogens is 216 g/mol. The highest BCUT2D eigenvalue weighted by atomic mass is 16.5. The van der Waals surface area contributed by atoms with Crippen molar-refractivity contribution in [1.82, 2.24) is 5.32 Å². The second-order valence-corrected chi connectivity index (χ2v) is 5.08. The minimum Gasteiger partial charge on any atom is -0.364 e. The monoisotopic (exact) mass is 242 g/mol. The molecule has 1 rings (SSSR count). The van der Waals surface area contributed by atoms with Crippen LogP contribution in [0.5, 0.6) is 0 Å². The van der Waals surface area contributed by atoms with Gasteiger partial charge < -0.3 is 15.8 Å². The molecule has 0 unspecified atom stereocenters. The van der Waals surface area contributed by atoms with Crippen LogP contribution in [-0.2, 0) is 9.53 Å². The number of rotatable bonds is 6. The van der Waals surface area contributed by atoms with Gasteiger partial charge in [-0.2, -0.15) is 0 Å². The van der Waals surface area contributed by atoms with E-state index in [0.717, 1.165) is 18.8 Å². The van der Waals surface area contributed by atoms with Gasteiger partial charge >= 0.3 is 0 Å². The van der Waals surface area contributed by atoms with Crippen molar-refractivity contribution in [2.75, 3.05) is 20.2 Å². The minimum atomic E-state index is -0.253. The molecule has 0 bridgehead atoms. The van der Waals surface area contributed by atoms with Crippen LogP contribution >= 0.6 is 0 Å². The van der Waals surface area contributed by atoms with E-state index in [4.69, 9.17) is 10.5 Å². The molecule has 1 fully saturated rings. The first kappa shape index (κ1) is 14.5. The van der Waals surface area contributed by atoms with E-state index in [1.165, 1.54) is 25.7 Å². The van der Waals surface area contributed by atoms with Crippen LogP contribution in [-0.4, -0.2) is 31.7 Å². The van der Waals surface area contributed by atoms with Crippen LogP contribution in [0.2, 0.25) is 0 Å². The number of amides is 1. The van der Waals surface area contributed by atoms with E-state index in [-0.39, 0.29) is 18.1 Å². The van der Waals surface area contributed by atoms with Gasteiger partial charge in [-0.15, -0.1) is 0 Å². The standard InChI is InChI=1S/C13H26N2O2/c1-3-4-11-5-7-13(10-14,8-6-11)17-9-12(16)15-2/h11H,3-10,14H2,1-2H3,(H,15,16). The average molecular weight is 242 g/mol. The summed E-state index contributed by atoms with van der Waals surface area (Å²) in [5, 5.41) is 2.57. The molecule has 17 heavy (non-hydrogen) atoms. The largest absolute Gasteiger partial charge is 0.364 e. The Kier molecular flexibility index (Phi) is 5.92. The lowest BCUT2D eigenvalue weighted by molar-refractivity contribution is -0.135. The second kappa shape index (κ2) is 6.97. The van der Waals surface area contributed by atoms with E-state index in [1.807, 2.05) is 0 Å². The van der Waals surface area contributed by atoms with Crippen LogP contribution in [0.4, 0.5) is 0 Å². The summed E-state index contributed by atoms with van der Waals surface area (Å²) in [5.41, 5.74) is 5.58. The van der Waals surface area contributed by atoms with Gasteiger partial charge in [0.1, 0.15) is 6.61 Å². The van der Waals surface area contributed by atoms with Gasteiger partial charge in [0.05, 0.1) is 5.60 Å². The van der Waals surface area contributed by atoms with Crippen molar-refractivity contribution < 1.29 is 9.53 Å². The molecule has 4 nitrogen and oxygen atoms in total. The summed E-state index contributed by atoms with van der Waals surface area (Å²) in [4.78, 5) is 11.2. The fraction of sp³-hybridized carbons (Fsp3) is 0.923. The zero-order valence-electron chi connectivity index (χ0n) is 11.1. The van der Waals surface area contributed by atoms with E-state index in [9.17, 15) is 4.79 Å². The Morgan fingerprint density at radius 2 is 2.12 bits per heavy atom. The highest BCUT2D eigenvalue weighted by molar-refractivity contribution is 5.76. The molecule has 1 saturated carbocycles. The normalized spacial score (nSPS) is 29.0. The zero-order valence-corrected chi connectivity index (χ0v) is 11.1. The summed E-state index contributed by atoms with van der Waals surface area (Å²) in [7, 11) is 1.62. The Labute approximate surface area is 104 Å². The molecule has 0 aliphatic heterocycles.